The summed E-state index contributed by atoms with van der Waals surface area (Å²) in [5, 5.41) is 21.9. The number of benzene rings is 1. The highest BCUT2D eigenvalue weighted by molar-refractivity contribution is 6.76. The number of hydrogen-bond donors (Lipinski definition) is 2. The Bertz CT molecular complexity index is 1900. The van der Waals surface area contributed by atoms with Crippen LogP contribution in [-0.4, -0.2) is 78.5 Å². The molecule has 0 aliphatic carbocycles. The van der Waals surface area contributed by atoms with E-state index in [2.05, 4.69) is 45.1 Å². The minimum Gasteiger partial charge on any atom is -0.465 e. The Labute approximate surface area is 271 Å². The average molecular weight is 664 g/mol. The lowest BCUT2D eigenvalue weighted by Gasteiger charge is -2.39. The van der Waals surface area contributed by atoms with Crippen molar-refractivity contribution in [1.82, 2.24) is 39.8 Å². The number of hydrogen-bond acceptors (Lipinski definition) is 9. The third-order valence-corrected chi connectivity index (χ3v) is 11.0. The second kappa shape index (κ2) is 12.0. The van der Waals surface area contributed by atoms with Gasteiger partial charge in [-0.05, 0) is 44.7 Å². The topological polar surface area (TPSA) is 149 Å². The number of nitrogens with zero attached hydrogens (tertiary/aromatic N) is 8. The van der Waals surface area contributed by atoms with E-state index in [1.165, 1.54) is 0 Å². The SMILES string of the molecule is Cc1noc(Cn2cc3c(Cl)c(-c4cn(COCC[Si](C)(C)C)c5nc(N6[C@@H]7CC[C@H]6CC(NC(=O)O)C7)cnc45)ccc3n2)n1. The van der Waals surface area contributed by atoms with E-state index in [1.54, 1.807) is 11.6 Å². The summed E-state index contributed by atoms with van der Waals surface area (Å²) in [5.41, 5.74) is 3.91. The van der Waals surface area contributed by atoms with E-state index in [0.29, 0.717) is 36.6 Å². The summed E-state index contributed by atoms with van der Waals surface area (Å²) in [6.07, 6.45) is 8.31. The number of nitrogens with one attached hydrogen (secondary N) is 1. The van der Waals surface area contributed by atoms with Gasteiger partial charge in [-0.1, -0.05) is 42.5 Å². The summed E-state index contributed by atoms with van der Waals surface area (Å²) < 4.78 is 15.2. The molecule has 0 saturated carbocycles. The van der Waals surface area contributed by atoms with Gasteiger partial charge in [-0.2, -0.15) is 10.1 Å². The van der Waals surface area contributed by atoms with Crippen molar-refractivity contribution in [3.8, 4) is 11.1 Å². The van der Waals surface area contributed by atoms with Crippen LogP contribution in [0.3, 0.4) is 0 Å². The number of carbonyl (C=O) groups is 1. The van der Waals surface area contributed by atoms with Crippen molar-refractivity contribution in [3.63, 3.8) is 0 Å². The van der Waals surface area contributed by atoms with Crippen molar-refractivity contribution in [2.45, 2.75) is 89.7 Å². The lowest BCUT2D eigenvalue weighted by molar-refractivity contribution is 0.0899. The zero-order valence-electron chi connectivity index (χ0n) is 26.4. The first kappa shape index (κ1) is 30.6. The molecule has 0 radical (unpaired) electrons. The van der Waals surface area contributed by atoms with Crippen molar-refractivity contribution in [2.24, 2.45) is 0 Å². The highest BCUT2D eigenvalue weighted by atomic mass is 35.5. The quantitative estimate of drug-likeness (QED) is 0.136. The second-order valence-corrected chi connectivity index (χ2v) is 19.6. The van der Waals surface area contributed by atoms with Crippen LogP contribution in [0.4, 0.5) is 10.6 Å². The van der Waals surface area contributed by atoms with Crippen molar-refractivity contribution in [3.05, 3.63) is 47.5 Å². The Morgan fingerprint density at radius 2 is 1.93 bits per heavy atom. The van der Waals surface area contributed by atoms with Crippen LogP contribution in [0.2, 0.25) is 30.7 Å². The highest BCUT2D eigenvalue weighted by Crippen LogP contribution is 2.41. The number of ether oxygens (including phenoxy) is 1. The van der Waals surface area contributed by atoms with Gasteiger partial charge in [-0.3, -0.25) is 4.68 Å². The molecule has 7 rings (SSSR count). The number of halogens is 1. The van der Waals surface area contributed by atoms with Crippen LogP contribution in [0, 0.1) is 6.92 Å². The first-order valence-electron chi connectivity index (χ1n) is 15.7. The van der Waals surface area contributed by atoms with Crippen LogP contribution in [-0.2, 0) is 18.0 Å². The molecule has 2 fully saturated rings. The molecule has 2 saturated heterocycles. The fraction of sp³-hybridized carbons (Fsp3) is 0.484. The van der Waals surface area contributed by atoms with E-state index in [0.717, 1.165) is 70.7 Å². The summed E-state index contributed by atoms with van der Waals surface area (Å²) in [4.78, 5) is 28.1. The minimum absolute atomic E-state index is 0.0456. The monoisotopic (exact) mass is 663 g/mol. The van der Waals surface area contributed by atoms with Gasteiger partial charge in [0.1, 0.15) is 24.6 Å². The Kier molecular flexibility index (Phi) is 7.97. The van der Waals surface area contributed by atoms with Gasteiger partial charge in [0.15, 0.2) is 11.5 Å². The molecule has 3 atom stereocenters. The average Bonchev–Trinajstić information content (AvgIpc) is 3.75. The second-order valence-electron chi connectivity index (χ2n) is 13.6. The molecule has 4 aromatic heterocycles. The third-order valence-electron chi connectivity index (χ3n) is 8.93. The number of carboxylic acid groups (broad SMARTS) is 1. The van der Waals surface area contributed by atoms with E-state index in [9.17, 15) is 9.90 Å². The largest absolute Gasteiger partial charge is 0.465 e. The van der Waals surface area contributed by atoms with Crippen molar-refractivity contribution in [2.75, 3.05) is 11.5 Å². The standard InChI is InChI=1S/C31H38ClN9O4Si/c1-18-34-27(45-38-18)16-40-15-24-25(37-40)8-7-22(28(24)32)23-14-39(17-44-9-10-46(2,3)4)30-29(23)33-13-26(36-30)41-20-5-6-21(41)12-19(11-20)35-31(42)43/h7-8,13-15,19-21,35H,5-6,9-12,16-17H2,1-4H3,(H,42,43)/t19?,20-,21+. The zero-order valence-corrected chi connectivity index (χ0v) is 28.2. The maximum Gasteiger partial charge on any atom is 0.404 e. The summed E-state index contributed by atoms with van der Waals surface area (Å²) in [6.45, 7) is 10.2. The number of anilines is 1. The van der Waals surface area contributed by atoms with Crippen LogP contribution >= 0.6 is 11.6 Å². The predicted molar refractivity (Wildman–Crippen MR) is 177 cm³/mol. The first-order valence-corrected chi connectivity index (χ1v) is 19.8. The van der Waals surface area contributed by atoms with E-state index in [1.807, 2.05) is 35.3 Å². The van der Waals surface area contributed by atoms with Gasteiger partial charge in [0.25, 0.3) is 0 Å². The molecule has 1 amide bonds. The van der Waals surface area contributed by atoms with Crippen molar-refractivity contribution in [1.29, 1.82) is 0 Å². The Morgan fingerprint density at radius 3 is 2.63 bits per heavy atom. The molecule has 2 aliphatic heterocycles. The maximum atomic E-state index is 11.3. The number of fused-ring (bicyclic) bond motifs is 4. The van der Waals surface area contributed by atoms with Gasteiger partial charge in [-0.15, -0.1) is 0 Å². The molecule has 6 heterocycles. The summed E-state index contributed by atoms with van der Waals surface area (Å²) >= 11 is 7.09. The van der Waals surface area contributed by atoms with Gasteiger partial charge in [0, 0.05) is 61.7 Å². The Hall–Kier alpha value is -4.01. The van der Waals surface area contributed by atoms with E-state index in [-0.39, 0.29) is 18.1 Å². The van der Waals surface area contributed by atoms with Gasteiger partial charge >= 0.3 is 6.09 Å². The fourth-order valence-electron chi connectivity index (χ4n) is 6.78. The molecule has 13 nitrogen and oxygen atoms in total. The molecule has 2 bridgehead atoms. The fourth-order valence-corrected chi connectivity index (χ4v) is 7.85. The van der Waals surface area contributed by atoms with Gasteiger partial charge in [0.05, 0.1) is 16.7 Å². The Balaban J connectivity index is 1.23. The van der Waals surface area contributed by atoms with E-state index in [4.69, 9.17) is 30.8 Å². The number of piperidine rings is 1. The zero-order chi connectivity index (χ0) is 32.2. The molecule has 5 aromatic rings. The van der Waals surface area contributed by atoms with Crippen molar-refractivity contribution < 1.29 is 19.2 Å². The maximum absolute atomic E-state index is 11.3. The van der Waals surface area contributed by atoms with Crippen LogP contribution < -0.4 is 10.2 Å². The van der Waals surface area contributed by atoms with Crippen LogP contribution in [0.5, 0.6) is 0 Å². The van der Waals surface area contributed by atoms with Crippen molar-refractivity contribution >= 4 is 53.7 Å². The summed E-state index contributed by atoms with van der Waals surface area (Å²) in [7, 11) is -1.26. The molecular weight excluding hydrogens is 626 g/mol. The summed E-state index contributed by atoms with van der Waals surface area (Å²) in [6, 6.07) is 5.37. The highest BCUT2D eigenvalue weighted by Gasteiger charge is 2.42. The molecule has 1 aromatic carbocycles. The smallest absolute Gasteiger partial charge is 0.404 e. The lowest BCUT2D eigenvalue weighted by Crippen LogP contribution is -2.50. The molecule has 15 heteroatoms. The summed E-state index contributed by atoms with van der Waals surface area (Å²) in [5.74, 6) is 1.85. The predicted octanol–water partition coefficient (Wildman–Crippen LogP) is 5.92. The van der Waals surface area contributed by atoms with Gasteiger partial charge < -0.3 is 29.2 Å². The molecule has 2 aliphatic rings. The van der Waals surface area contributed by atoms with E-state index >= 15 is 0 Å². The van der Waals surface area contributed by atoms with Gasteiger partial charge in [0.2, 0.25) is 5.89 Å². The normalized spacial score (nSPS) is 19.8. The number of amides is 1. The van der Waals surface area contributed by atoms with Gasteiger partial charge in [-0.25, -0.2) is 14.8 Å². The molecule has 2 N–H and O–H groups in total. The molecule has 1 unspecified atom stereocenters. The first-order chi connectivity index (χ1) is 22.0. The third kappa shape index (κ3) is 6.08. The Morgan fingerprint density at radius 1 is 1.15 bits per heavy atom. The van der Waals surface area contributed by atoms with Crippen LogP contribution in [0.25, 0.3) is 33.2 Å². The number of aryl methyl sites for hydroxylation is 1. The number of aromatic nitrogens is 7. The van der Waals surface area contributed by atoms with Crippen LogP contribution in [0.15, 0.2) is 35.2 Å². The molecule has 0 spiro atoms. The van der Waals surface area contributed by atoms with E-state index < -0.39 is 14.2 Å². The number of rotatable bonds is 10. The molecular formula is C31H38ClN9O4Si. The minimum atomic E-state index is -1.26. The lowest BCUT2D eigenvalue weighted by atomic mass is 9.97. The molecule has 242 valence electrons. The van der Waals surface area contributed by atoms with Crippen LogP contribution in [0.1, 0.15) is 37.4 Å². The molecule has 46 heavy (non-hydrogen) atoms.